The van der Waals surface area contributed by atoms with Crippen molar-refractivity contribution in [3.05, 3.63) is 70.4 Å². The number of halogens is 1. The van der Waals surface area contributed by atoms with Gasteiger partial charge in [0.15, 0.2) is 0 Å². The first kappa shape index (κ1) is 25.1. The van der Waals surface area contributed by atoms with Gasteiger partial charge in [0.1, 0.15) is 11.9 Å². The molecule has 3 amide bonds. The highest BCUT2D eigenvalue weighted by atomic mass is 19.1. The van der Waals surface area contributed by atoms with Crippen molar-refractivity contribution in [2.75, 3.05) is 0 Å². The number of aryl methyl sites for hydroxylation is 2. The predicted octanol–water partition coefficient (Wildman–Crippen LogP) is 4.61. The van der Waals surface area contributed by atoms with Crippen LogP contribution in [-0.4, -0.2) is 43.4 Å². The third kappa shape index (κ3) is 4.51. The summed E-state index contributed by atoms with van der Waals surface area (Å²) < 4.78 is 15.9. The molecule has 2 aliphatic carbocycles. The number of imide groups is 1. The summed E-state index contributed by atoms with van der Waals surface area (Å²) in [7, 11) is 0. The van der Waals surface area contributed by atoms with Gasteiger partial charge in [-0.15, -0.1) is 0 Å². The van der Waals surface area contributed by atoms with E-state index in [9.17, 15) is 18.8 Å². The Morgan fingerprint density at radius 1 is 1.05 bits per heavy atom. The van der Waals surface area contributed by atoms with Crippen molar-refractivity contribution in [3.8, 4) is 11.3 Å². The fraction of sp³-hybridized carbons (Fsp3) is 0.452. The number of carbonyl (C=O) groups excluding carboxylic acids is 3. The lowest BCUT2D eigenvalue weighted by Gasteiger charge is -2.35. The molecule has 2 aromatic heterocycles. The average molecular weight is 542 g/mol. The van der Waals surface area contributed by atoms with Crippen molar-refractivity contribution in [1.29, 1.82) is 0 Å². The van der Waals surface area contributed by atoms with Crippen molar-refractivity contribution < 1.29 is 18.8 Å². The summed E-state index contributed by atoms with van der Waals surface area (Å²) in [5.41, 5.74) is 6.16. The van der Waals surface area contributed by atoms with Crippen LogP contribution < -0.4 is 5.32 Å². The van der Waals surface area contributed by atoms with E-state index in [0.717, 1.165) is 61.0 Å². The molecule has 0 bridgehead atoms. The molecular weight excluding hydrogens is 509 g/mol. The molecule has 0 spiro atoms. The maximum atomic E-state index is 13.8. The monoisotopic (exact) mass is 541 g/mol. The molecule has 3 fully saturated rings. The molecule has 206 valence electrons. The number of hydrogen-bond donors (Lipinski definition) is 1. The highest BCUT2D eigenvalue weighted by Crippen LogP contribution is 2.46. The van der Waals surface area contributed by atoms with Crippen molar-refractivity contribution in [1.82, 2.24) is 25.0 Å². The molecule has 3 aromatic rings. The van der Waals surface area contributed by atoms with Crippen molar-refractivity contribution in [2.45, 2.75) is 82.8 Å². The maximum Gasteiger partial charge on any atom is 0.255 e. The molecule has 40 heavy (non-hydrogen) atoms. The van der Waals surface area contributed by atoms with Crippen LogP contribution in [0.2, 0.25) is 0 Å². The van der Waals surface area contributed by atoms with E-state index in [1.54, 1.807) is 17.9 Å². The minimum atomic E-state index is -0.584. The highest BCUT2D eigenvalue weighted by Gasteiger charge is 2.39. The van der Waals surface area contributed by atoms with E-state index >= 15 is 0 Å². The maximum absolute atomic E-state index is 13.8. The van der Waals surface area contributed by atoms with Crippen LogP contribution in [0.4, 0.5) is 4.39 Å². The van der Waals surface area contributed by atoms with E-state index in [1.807, 2.05) is 12.1 Å². The second-order valence-electron chi connectivity index (χ2n) is 11.9. The van der Waals surface area contributed by atoms with E-state index in [1.165, 1.54) is 11.6 Å². The SMILES string of the molecule is Cc1nc(-c2cn(C3CC(CCc4ccc5c(c4)CN(C4CCC(=O)NC4=O)C5=O)C3)nc2C2CC2)ccc1F. The predicted molar refractivity (Wildman–Crippen MR) is 145 cm³/mol. The van der Waals surface area contributed by atoms with Crippen LogP contribution in [-0.2, 0) is 22.6 Å². The third-order valence-corrected chi connectivity index (χ3v) is 9.04. The third-order valence-electron chi connectivity index (χ3n) is 9.04. The van der Waals surface area contributed by atoms with Gasteiger partial charge in [-0.1, -0.05) is 12.1 Å². The van der Waals surface area contributed by atoms with Gasteiger partial charge in [0.2, 0.25) is 11.8 Å². The molecule has 9 heteroatoms. The lowest BCUT2D eigenvalue weighted by molar-refractivity contribution is -0.136. The Balaban J connectivity index is 0.971. The Labute approximate surface area is 232 Å². The number of nitrogens with zero attached hydrogens (tertiary/aromatic N) is 4. The Morgan fingerprint density at radius 3 is 2.62 bits per heavy atom. The number of pyridine rings is 1. The molecule has 2 saturated carbocycles. The standard InChI is InChI=1S/C31H32FN5O3/c1-17-25(32)8-9-26(33-17)24-16-37(35-29(24)20-5-6-20)22-13-19(14-22)3-2-18-4-7-23-21(12-18)15-36(31(23)40)27-10-11-28(38)34-30(27)39/h4,7-9,12,16,19-20,22,27H,2-3,5-6,10-11,13-15H2,1H3,(H,34,38,39). The fourth-order valence-corrected chi connectivity index (χ4v) is 6.45. The summed E-state index contributed by atoms with van der Waals surface area (Å²) >= 11 is 0. The van der Waals surface area contributed by atoms with E-state index < -0.39 is 6.04 Å². The molecule has 1 unspecified atom stereocenters. The molecule has 4 heterocycles. The Bertz CT molecular complexity index is 1540. The molecule has 2 aliphatic heterocycles. The molecule has 1 atom stereocenters. The van der Waals surface area contributed by atoms with Crippen LogP contribution in [0.3, 0.4) is 0 Å². The van der Waals surface area contributed by atoms with Gasteiger partial charge in [-0.3, -0.25) is 24.4 Å². The number of rotatable bonds is 7. The number of hydrogen-bond acceptors (Lipinski definition) is 5. The van der Waals surface area contributed by atoms with Gasteiger partial charge in [0, 0.05) is 36.2 Å². The zero-order chi connectivity index (χ0) is 27.5. The van der Waals surface area contributed by atoms with E-state index in [0.29, 0.717) is 42.1 Å². The topological polar surface area (TPSA) is 97.2 Å². The molecular formula is C31H32FN5O3. The van der Waals surface area contributed by atoms with Crippen LogP contribution >= 0.6 is 0 Å². The second-order valence-corrected chi connectivity index (χ2v) is 11.9. The normalized spacial score (nSPS) is 24.2. The smallest absolute Gasteiger partial charge is 0.255 e. The molecule has 1 saturated heterocycles. The molecule has 1 N–H and O–H groups in total. The van der Waals surface area contributed by atoms with Gasteiger partial charge in [-0.2, -0.15) is 5.10 Å². The fourth-order valence-electron chi connectivity index (χ4n) is 6.45. The summed E-state index contributed by atoms with van der Waals surface area (Å²) in [5.74, 6) is 0.0255. The quantitative estimate of drug-likeness (QED) is 0.441. The largest absolute Gasteiger partial charge is 0.322 e. The number of nitrogens with one attached hydrogen (secondary N) is 1. The Kier molecular flexibility index (Phi) is 6.05. The molecule has 0 radical (unpaired) electrons. The van der Waals surface area contributed by atoms with Gasteiger partial charge in [-0.05, 0) is 87.1 Å². The van der Waals surface area contributed by atoms with Crippen LogP contribution in [0.15, 0.2) is 36.5 Å². The summed E-state index contributed by atoms with van der Waals surface area (Å²) in [6.07, 6.45) is 9.21. The first-order chi connectivity index (χ1) is 19.3. The van der Waals surface area contributed by atoms with E-state index in [2.05, 4.69) is 27.2 Å². The number of carbonyl (C=O) groups is 3. The van der Waals surface area contributed by atoms with Crippen LogP contribution in [0, 0.1) is 18.7 Å². The highest BCUT2D eigenvalue weighted by molar-refractivity contribution is 6.05. The first-order valence-electron chi connectivity index (χ1n) is 14.3. The number of aromatic nitrogens is 3. The lowest BCUT2D eigenvalue weighted by Crippen LogP contribution is -2.52. The van der Waals surface area contributed by atoms with Gasteiger partial charge in [0.25, 0.3) is 5.91 Å². The second kappa shape index (κ2) is 9.64. The number of amides is 3. The van der Waals surface area contributed by atoms with Gasteiger partial charge >= 0.3 is 0 Å². The summed E-state index contributed by atoms with van der Waals surface area (Å²) in [6.45, 7) is 2.11. The minimum absolute atomic E-state index is 0.131. The number of fused-ring (bicyclic) bond motifs is 1. The Hall–Kier alpha value is -3.88. The van der Waals surface area contributed by atoms with Crippen molar-refractivity contribution >= 4 is 17.7 Å². The summed E-state index contributed by atoms with van der Waals surface area (Å²) in [5, 5.41) is 7.33. The summed E-state index contributed by atoms with van der Waals surface area (Å²) in [6, 6.07) is 9.06. The average Bonchev–Trinajstić information content (AvgIpc) is 3.58. The van der Waals surface area contributed by atoms with Crippen molar-refractivity contribution in [2.24, 2.45) is 5.92 Å². The van der Waals surface area contributed by atoms with Crippen LogP contribution in [0.5, 0.6) is 0 Å². The van der Waals surface area contributed by atoms with Gasteiger partial charge < -0.3 is 4.90 Å². The van der Waals surface area contributed by atoms with E-state index in [4.69, 9.17) is 5.10 Å². The van der Waals surface area contributed by atoms with Crippen LogP contribution in [0.1, 0.15) is 89.8 Å². The van der Waals surface area contributed by atoms with Gasteiger partial charge in [-0.25, -0.2) is 9.37 Å². The zero-order valence-corrected chi connectivity index (χ0v) is 22.5. The first-order valence-corrected chi connectivity index (χ1v) is 14.3. The summed E-state index contributed by atoms with van der Waals surface area (Å²) in [4.78, 5) is 42.9. The lowest BCUT2D eigenvalue weighted by atomic mass is 9.77. The Morgan fingerprint density at radius 2 is 1.88 bits per heavy atom. The zero-order valence-electron chi connectivity index (χ0n) is 22.5. The number of piperidine rings is 1. The number of benzene rings is 1. The molecule has 7 rings (SSSR count). The minimum Gasteiger partial charge on any atom is -0.322 e. The van der Waals surface area contributed by atoms with Gasteiger partial charge in [0.05, 0.1) is 23.1 Å². The van der Waals surface area contributed by atoms with Crippen LogP contribution in [0.25, 0.3) is 11.3 Å². The van der Waals surface area contributed by atoms with E-state index in [-0.39, 0.29) is 30.0 Å². The molecule has 1 aromatic carbocycles. The molecule has 8 nitrogen and oxygen atoms in total. The molecule has 4 aliphatic rings. The van der Waals surface area contributed by atoms with Crippen molar-refractivity contribution in [3.63, 3.8) is 0 Å².